The largest absolute Gasteiger partial charge is 0.456 e. The lowest BCUT2D eigenvalue weighted by Gasteiger charge is -2.15. The standard InChI is InChI=1S/C57H35N3O/c1-2-12-37(13-3-1)44-16-8-9-20-50(44)57-59-55(40-26-22-36(23-27-40)42-31-32-48-47-19-10-11-21-52(47)61-53(48)35-42)58-56(60-57)41-28-24-39(25-29-41)54-46-18-7-5-15-43(46)34-51-45-17-6-4-14-38(45)30-33-49(51)54/h1-35H. The van der Waals surface area contributed by atoms with Crippen LogP contribution in [-0.2, 0) is 0 Å². The van der Waals surface area contributed by atoms with Gasteiger partial charge in [-0.15, -0.1) is 0 Å². The van der Waals surface area contributed by atoms with Crippen molar-refractivity contribution in [3.05, 3.63) is 212 Å². The molecule has 0 amide bonds. The Kier molecular flexibility index (Phi) is 8.13. The van der Waals surface area contributed by atoms with E-state index in [-0.39, 0.29) is 0 Å². The molecule has 0 saturated carbocycles. The topological polar surface area (TPSA) is 51.8 Å². The Labute approximate surface area is 352 Å². The normalized spacial score (nSPS) is 11.6. The van der Waals surface area contributed by atoms with Gasteiger partial charge in [0.25, 0.3) is 0 Å². The highest BCUT2D eigenvalue weighted by Gasteiger charge is 2.18. The van der Waals surface area contributed by atoms with Crippen LogP contribution in [0.15, 0.2) is 217 Å². The maximum absolute atomic E-state index is 6.22. The molecule has 12 aromatic rings. The molecule has 0 spiro atoms. The van der Waals surface area contributed by atoms with Gasteiger partial charge in [-0.05, 0) is 90.0 Å². The molecule has 61 heavy (non-hydrogen) atoms. The average molecular weight is 778 g/mol. The number of benzene rings is 10. The minimum atomic E-state index is 0.609. The highest BCUT2D eigenvalue weighted by molar-refractivity contribution is 6.20. The van der Waals surface area contributed by atoms with Crippen LogP contribution >= 0.6 is 0 Å². The Balaban J connectivity index is 0.979. The molecule has 2 heterocycles. The number of para-hydroxylation sites is 1. The molecule has 0 aliphatic heterocycles. The zero-order valence-electron chi connectivity index (χ0n) is 33.0. The summed E-state index contributed by atoms with van der Waals surface area (Å²) in [5.41, 5.74) is 11.2. The molecule has 0 aliphatic carbocycles. The Morgan fingerprint density at radius 2 is 0.803 bits per heavy atom. The van der Waals surface area contributed by atoms with Crippen LogP contribution in [0, 0.1) is 0 Å². The molecular formula is C57H35N3O. The van der Waals surface area contributed by atoms with E-state index in [0.29, 0.717) is 17.5 Å². The van der Waals surface area contributed by atoms with E-state index in [4.69, 9.17) is 19.4 Å². The van der Waals surface area contributed by atoms with E-state index in [1.165, 1.54) is 37.9 Å². The second-order valence-corrected chi connectivity index (χ2v) is 15.5. The number of nitrogens with zero attached hydrogens (tertiary/aromatic N) is 3. The van der Waals surface area contributed by atoms with Crippen molar-refractivity contribution in [2.45, 2.75) is 0 Å². The van der Waals surface area contributed by atoms with E-state index >= 15 is 0 Å². The fourth-order valence-corrected chi connectivity index (χ4v) is 8.94. The van der Waals surface area contributed by atoms with Crippen molar-refractivity contribution >= 4 is 54.3 Å². The summed E-state index contributed by atoms with van der Waals surface area (Å²) < 4.78 is 6.22. The molecule has 12 rings (SSSR count). The quantitative estimate of drug-likeness (QED) is 0.125. The molecule has 0 atom stereocenters. The van der Waals surface area contributed by atoms with Gasteiger partial charge in [0.15, 0.2) is 17.5 Å². The Morgan fingerprint density at radius 3 is 1.57 bits per heavy atom. The lowest BCUT2D eigenvalue weighted by molar-refractivity contribution is 0.669. The first-order chi connectivity index (χ1) is 30.2. The molecule has 2 aromatic heterocycles. The molecule has 0 fully saturated rings. The predicted octanol–water partition coefficient (Wildman–Crippen LogP) is 15.2. The molecule has 0 bridgehead atoms. The molecule has 0 unspecified atom stereocenters. The van der Waals surface area contributed by atoms with Crippen molar-refractivity contribution in [2.75, 3.05) is 0 Å². The van der Waals surface area contributed by atoms with E-state index in [1.807, 2.05) is 30.3 Å². The van der Waals surface area contributed by atoms with Crippen LogP contribution in [0.4, 0.5) is 0 Å². The zero-order chi connectivity index (χ0) is 40.3. The van der Waals surface area contributed by atoms with Crippen LogP contribution < -0.4 is 0 Å². The summed E-state index contributed by atoms with van der Waals surface area (Å²) in [7, 11) is 0. The number of furan rings is 1. The summed E-state index contributed by atoms with van der Waals surface area (Å²) in [6.45, 7) is 0. The lowest BCUT2D eigenvalue weighted by atomic mass is 9.89. The van der Waals surface area contributed by atoms with Gasteiger partial charge in [0.1, 0.15) is 11.2 Å². The van der Waals surface area contributed by atoms with E-state index < -0.39 is 0 Å². The smallest absolute Gasteiger partial charge is 0.164 e. The van der Waals surface area contributed by atoms with Crippen molar-refractivity contribution in [1.82, 2.24) is 15.0 Å². The summed E-state index contributed by atoms with van der Waals surface area (Å²) in [4.78, 5) is 15.5. The van der Waals surface area contributed by atoms with Crippen molar-refractivity contribution in [1.29, 1.82) is 0 Å². The minimum Gasteiger partial charge on any atom is -0.456 e. The summed E-state index contributed by atoms with van der Waals surface area (Å²) in [5, 5.41) is 9.65. The van der Waals surface area contributed by atoms with Crippen LogP contribution in [0.5, 0.6) is 0 Å². The maximum Gasteiger partial charge on any atom is 0.164 e. The van der Waals surface area contributed by atoms with Gasteiger partial charge in [0, 0.05) is 27.5 Å². The SMILES string of the molecule is c1ccc(-c2ccccc2-c2nc(-c3ccc(-c4ccc5c(c4)oc4ccccc45)cc3)nc(-c3ccc(-c4c5ccccc5cc5c4ccc4ccccc45)cc3)n2)cc1. The van der Waals surface area contributed by atoms with Gasteiger partial charge in [0.05, 0.1) is 0 Å². The molecule has 4 nitrogen and oxygen atoms in total. The lowest BCUT2D eigenvalue weighted by Crippen LogP contribution is -2.01. The van der Waals surface area contributed by atoms with Crippen molar-refractivity contribution in [3.8, 4) is 67.5 Å². The first kappa shape index (κ1) is 34.8. The summed E-state index contributed by atoms with van der Waals surface area (Å²) in [5.74, 6) is 1.84. The van der Waals surface area contributed by atoms with Gasteiger partial charge in [-0.25, -0.2) is 15.0 Å². The van der Waals surface area contributed by atoms with E-state index in [2.05, 4.69) is 182 Å². The Bertz CT molecular complexity index is 3630. The molecule has 0 saturated heterocycles. The van der Waals surface area contributed by atoms with Crippen LogP contribution in [0.2, 0.25) is 0 Å². The summed E-state index contributed by atoms with van der Waals surface area (Å²) in [6.07, 6.45) is 0. The molecular weight excluding hydrogens is 743 g/mol. The third-order valence-corrected chi connectivity index (χ3v) is 11.9. The predicted molar refractivity (Wildman–Crippen MR) is 252 cm³/mol. The van der Waals surface area contributed by atoms with Gasteiger partial charge in [-0.3, -0.25) is 0 Å². The summed E-state index contributed by atoms with van der Waals surface area (Å²) >= 11 is 0. The molecule has 10 aromatic carbocycles. The fourth-order valence-electron chi connectivity index (χ4n) is 8.94. The first-order valence-corrected chi connectivity index (χ1v) is 20.6. The van der Waals surface area contributed by atoms with Gasteiger partial charge in [-0.2, -0.15) is 0 Å². The first-order valence-electron chi connectivity index (χ1n) is 20.6. The third kappa shape index (κ3) is 6.04. The maximum atomic E-state index is 6.22. The molecule has 0 radical (unpaired) electrons. The number of aromatic nitrogens is 3. The fraction of sp³-hybridized carbons (Fsp3) is 0. The molecule has 4 heteroatoms. The van der Waals surface area contributed by atoms with Crippen molar-refractivity contribution in [2.24, 2.45) is 0 Å². The van der Waals surface area contributed by atoms with Gasteiger partial charge < -0.3 is 4.42 Å². The highest BCUT2D eigenvalue weighted by atomic mass is 16.3. The third-order valence-electron chi connectivity index (χ3n) is 11.9. The van der Waals surface area contributed by atoms with E-state index in [9.17, 15) is 0 Å². The molecule has 0 N–H and O–H groups in total. The van der Waals surface area contributed by atoms with Crippen LogP contribution in [0.1, 0.15) is 0 Å². The van der Waals surface area contributed by atoms with Crippen LogP contribution in [0.3, 0.4) is 0 Å². The average Bonchev–Trinajstić information content (AvgIpc) is 3.71. The number of rotatable bonds is 6. The monoisotopic (exact) mass is 777 g/mol. The van der Waals surface area contributed by atoms with Crippen LogP contribution in [-0.4, -0.2) is 15.0 Å². The van der Waals surface area contributed by atoms with Gasteiger partial charge in [-0.1, -0.05) is 188 Å². The molecule has 284 valence electrons. The van der Waals surface area contributed by atoms with Gasteiger partial charge in [0.2, 0.25) is 0 Å². The second-order valence-electron chi connectivity index (χ2n) is 15.5. The second kappa shape index (κ2) is 14.3. The summed E-state index contributed by atoms with van der Waals surface area (Å²) in [6, 6.07) is 74.7. The van der Waals surface area contributed by atoms with Crippen molar-refractivity contribution in [3.63, 3.8) is 0 Å². The molecule has 0 aliphatic rings. The van der Waals surface area contributed by atoms with Crippen LogP contribution in [0.25, 0.3) is 122 Å². The van der Waals surface area contributed by atoms with Crippen molar-refractivity contribution < 1.29 is 4.42 Å². The van der Waals surface area contributed by atoms with E-state index in [0.717, 1.165) is 66.4 Å². The van der Waals surface area contributed by atoms with Gasteiger partial charge >= 0.3 is 0 Å². The Hall–Kier alpha value is -8.21. The number of fused-ring (bicyclic) bond motifs is 7. The highest BCUT2D eigenvalue weighted by Crippen LogP contribution is 2.40. The number of hydrogen-bond acceptors (Lipinski definition) is 4. The minimum absolute atomic E-state index is 0.609. The van der Waals surface area contributed by atoms with E-state index in [1.54, 1.807) is 0 Å². The zero-order valence-corrected chi connectivity index (χ0v) is 33.0. The number of hydrogen-bond donors (Lipinski definition) is 0. The Morgan fingerprint density at radius 1 is 0.262 bits per heavy atom.